The van der Waals surface area contributed by atoms with Gasteiger partial charge < -0.3 is 15.3 Å². The van der Waals surface area contributed by atoms with Gasteiger partial charge in [0, 0.05) is 31.4 Å². The minimum absolute atomic E-state index is 0.601. The van der Waals surface area contributed by atoms with Crippen LogP contribution in [0, 0.1) is 6.92 Å². The molecule has 1 aromatic rings. The normalized spacial score (nSPS) is 24.1. The van der Waals surface area contributed by atoms with Crippen molar-refractivity contribution in [3.63, 3.8) is 0 Å². The topological polar surface area (TPSA) is 61.3 Å². The summed E-state index contributed by atoms with van der Waals surface area (Å²) in [4.78, 5) is 10.9. The maximum Gasteiger partial charge on any atom is 0.224 e. The van der Waals surface area contributed by atoms with Crippen LogP contribution in [-0.4, -0.2) is 40.3 Å². The molecule has 1 unspecified atom stereocenters. The first kappa shape index (κ1) is 12.1. The Morgan fingerprint density at radius 1 is 1.59 bits per heavy atom. The molecule has 5 heteroatoms. The molecule has 0 radical (unpaired) electrons. The van der Waals surface area contributed by atoms with Crippen molar-refractivity contribution in [1.82, 2.24) is 9.97 Å². The Morgan fingerprint density at radius 2 is 2.35 bits per heavy atom. The second-order valence-electron chi connectivity index (χ2n) is 4.90. The van der Waals surface area contributed by atoms with Crippen molar-refractivity contribution in [3.05, 3.63) is 11.8 Å². The third-order valence-electron chi connectivity index (χ3n) is 3.03. The fourth-order valence-corrected chi connectivity index (χ4v) is 2.12. The van der Waals surface area contributed by atoms with Gasteiger partial charge in [-0.15, -0.1) is 0 Å². The highest BCUT2D eigenvalue weighted by Gasteiger charge is 2.32. The number of β-amino-alcohol motifs (C(OH)–C–C–N with tert-alkyl or cyclic N) is 1. The lowest BCUT2D eigenvalue weighted by molar-refractivity contribution is 0.0839. The zero-order valence-electron chi connectivity index (χ0n) is 10.7. The van der Waals surface area contributed by atoms with E-state index in [1.54, 1.807) is 0 Å². The summed E-state index contributed by atoms with van der Waals surface area (Å²) in [5.74, 6) is 1.58. The molecule has 0 aliphatic carbocycles. The molecule has 0 aromatic carbocycles. The van der Waals surface area contributed by atoms with Crippen molar-refractivity contribution >= 4 is 11.8 Å². The smallest absolute Gasteiger partial charge is 0.224 e. The molecule has 5 nitrogen and oxygen atoms in total. The van der Waals surface area contributed by atoms with E-state index in [2.05, 4.69) is 20.2 Å². The third kappa shape index (κ3) is 2.66. The van der Waals surface area contributed by atoms with Crippen LogP contribution < -0.4 is 10.2 Å². The van der Waals surface area contributed by atoms with Gasteiger partial charge in [-0.1, -0.05) is 0 Å². The first-order valence-electron chi connectivity index (χ1n) is 6.07. The van der Waals surface area contributed by atoms with Gasteiger partial charge in [-0.05, 0) is 27.2 Å². The molecule has 2 heterocycles. The van der Waals surface area contributed by atoms with Crippen molar-refractivity contribution in [1.29, 1.82) is 0 Å². The SMILES string of the molecule is CCNc1ncc(C)c(N2CCC(C)(O)C2)n1. The molecular formula is C12H20N4O. The molecule has 1 fully saturated rings. The minimum atomic E-state index is -0.601. The van der Waals surface area contributed by atoms with Gasteiger partial charge in [0.1, 0.15) is 5.82 Å². The molecule has 2 N–H and O–H groups in total. The van der Waals surface area contributed by atoms with Crippen molar-refractivity contribution in [3.8, 4) is 0 Å². The Labute approximate surface area is 102 Å². The lowest BCUT2D eigenvalue weighted by Crippen LogP contribution is -2.30. The number of hydrogen-bond acceptors (Lipinski definition) is 5. The number of nitrogens with zero attached hydrogens (tertiary/aromatic N) is 3. The summed E-state index contributed by atoms with van der Waals surface area (Å²) in [5, 5.41) is 13.1. The Kier molecular flexibility index (Phi) is 3.19. The fourth-order valence-electron chi connectivity index (χ4n) is 2.12. The Balaban J connectivity index is 2.22. The van der Waals surface area contributed by atoms with E-state index in [9.17, 15) is 5.11 Å². The van der Waals surface area contributed by atoms with Crippen LogP contribution in [0.4, 0.5) is 11.8 Å². The van der Waals surface area contributed by atoms with Crippen LogP contribution in [0.3, 0.4) is 0 Å². The van der Waals surface area contributed by atoms with E-state index in [0.717, 1.165) is 30.9 Å². The second-order valence-corrected chi connectivity index (χ2v) is 4.90. The van der Waals surface area contributed by atoms with E-state index in [1.807, 2.05) is 27.0 Å². The first-order chi connectivity index (χ1) is 8.02. The average Bonchev–Trinajstić information content (AvgIpc) is 2.62. The van der Waals surface area contributed by atoms with Crippen LogP contribution in [-0.2, 0) is 0 Å². The first-order valence-corrected chi connectivity index (χ1v) is 6.07. The number of aryl methyl sites for hydroxylation is 1. The summed E-state index contributed by atoms with van der Waals surface area (Å²) in [7, 11) is 0. The number of aromatic nitrogens is 2. The van der Waals surface area contributed by atoms with E-state index in [4.69, 9.17) is 0 Å². The van der Waals surface area contributed by atoms with Crippen LogP contribution in [0.5, 0.6) is 0 Å². The summed E-state index contributed by atoms with van der Waals surface area (Å²) < 4.78 is 0. The number of aliphatic hydroxyl groups is 1. The molecular weight excluding hydrogens is 216 g/mol. The number of hydrogen-bond donors (Lipinski definition) is 2. The molecule has 1 aliphatic rings. The molecule has 0 saturated carbocycles. The fraction of sp³-hybridized carbons (Fsp3) is 0.667. The molecule has 94 valence electrons. The van der Waals surface area contributed by atoms with Crippen molar-refractivity contribution in [2.24, 2.45) is 0 Å². The summed E-state index contributed by atoms with van der Waals surface area (Å²) in [5.41, 5.74) is 0.444. The molecule has 2 rings (SSSR count). The standard InChI is InChI=1S/C12H20N4O/c1-4-13-11-14-7-9(2)10(15-11)16-6-5-12(3,17)8-16/h7,17H,4-6,8H2,1-3H3,(H,13,14,15). The van der Waals surface area contributed by atoms with Gasteiger partial charge in [0.05, 0.1) is 5.60 Å². The summed E-state index contributed by atoms with van der Waals surface area (Å²) in [6.45, 7) is 8.17. The van der Waals surface area contributed by atoms with Gasteiger partial charge in [-0.25, -0.2) is 4.98 Å². The van der Waals surface area contributed by atoms with Gasteiger partial charge in [0.2, 0.25) is 5.95 Å². The summed E-state index contributed by atoms with van der Waals surface area (Å²) in [6, 6.07) is 0. The quantitative estimate of drug-likeness (QED) is 0.825. The van der Waals surface area contributed by atoms with Gasteiger partial charge in [-0.3, -0.25) is 0 Å². The van der Waals surface area contributed by atoms with E-state index in [1.165, 1.54) is 0 Å². The Bertz CT molecular complexity index is 405. The number of anilines is 2. The van der Waals surface area contributed by atoms with Crippen molar-refractivity contribution in [2.45, 2.75) is 32.8 Å². The molecule has 0 bridgehead atoms. The van der Waals surface area contributed by atoms with E-state index >= 15 is 0 Å². The predicted octanol–water partition coefficient (Wildman–Crippen LogP) is 1.18. The van der Waals surface area contributed by atoms with Crippen molar-refractivity contribution < 1.29 is 5.11 Å². The largest absolute Gasteiger partial charge is 0.388 e. The van der Waals surface area contributed by atoms with Crippen LogP contribution in [0.15, 0.2) is 6.20 Å². The molecule has 17 heavy (non-hydrogen) atoms. The highest BCUT2D eigenvalue weighted by atomic mass is 16.3. The van der Waals surface area contributed by atoms with E-state index in [0.29, 0.717) is 12.5 Å². The number of rotatable bonds is 3. The molecule has 1 aliphatic heterocycles. The van der Waals surface area contributed by atoms with Gasteiger partial charge in [0.25, 0.3) is 0 Å². The zero-order chi connectivity index (χ0) is 12.5. The molecule has 1 aromatic heterocycles. The van der Waals surface area contributed by atoms with Crippen LogP contribution in [0.25, 0.3) is 0 Å². The highest BCUT2D eigenvalue weighted by Crippen LogP contribution is 2.27. The monoisotopic (exact) mass is 236 g/mol. The van der Waals surface area contributed by atoms with E-state index < -0.39 is 5.60 Å². The lowest BCUT2D eigenvalue weighted by atomic mass is 10.1. The predicted molar refractivity (Wildman–Crippen MR) is 68.4 cm³/mol. The van der Waals surface area contributed by atoms with Crippen LogP contribution >= 0.6 is 0 Å². The van der Waals surface area contributed by atoms with Gasteiger partial charge in [-0.2, -0.15) is 4.98 Å². The molecule has 0 amide bonds. The van der Waals surface area contributed by atoms with Gasteiger partial charge in [0.15, 0.2) is 0 Å². The summed E-state index contributed by atoms with van der Waals surface area (Å²) in [6.07, 6.45) is 2.61. The van der Waals surface area contributed by atoms with Crippen molar-refractivity contribution in [2.75, 3.05) is 29.9 Å². The second kappa shape index (κ2) is 4.49. The number of nitrogens with one attached hydrogen (secondary N) is 1. The molecule has 1 saturated heterocycles. The minimum Gasteiger partial charge on any atom is -0.388 e. The zero-order valence-corrected chi connectivity index (χ0v) is 10.7. The molecule has 0 spiro atoms. The van der Waals surface area contributed by atoms with Gasteiger partial charge >= 0.3 is 0 Å². The highest BCUT2D eigenvalue weighted by molar-refractivity contribution is 5.50. The molecule has 1 atom stereocenters. The van der Waals surface area contributed by atoms with Crippen LogP contribution in [0.2, 0.25) is 0 Å². The lowest BCUT2D eigenvalue weighted by Gasteiger charge is -2.21. The maximum atomic E-state index is 9.99. The summed E-state index contributed by atoms with van der Waals surface area (Å²) >= 11 is 0. The maximum absolute atomic E-state index is 9.99. The third-order valence-corrected chi connectivity index (χ3v) is 3.03. The Morgan fingerprint density at radius 3 is 2.94 bits per heavy atom. The average molecular weight is 236 g/mol. The van der Waals surface area contributed by atoms with Crippen LogP contribution in [0.1, 0.15) is 25.8 Å². The Hall–Kier alpha value is -1.36. The van der Waals surface area contributed by atoms with E-state index in [-0.39, 0.29) is 0 Å².